The van der Waals surface area contributed by atoms with Gasteiger partial charge in [-0.05, 0) is 80.1 Å². The minimum Gasteiger partial charge on any atom is -0.493 e. The SMILES string of the molecule is COc1ccc(Nc2c3c(nc4ccc(NC(=O)C(C)=Cc5ccccc5)cc24)CCCC3)cc1OC. The van der Waals surface area contributed by atoms with E-state index in [-0.39, 0.29) is 5.91 Å². The van der Waals surface area contributed by atoms with Crippen LogP contribution in [0.25, 0.3) is 17.0 Å². The van der Waals surface area contributed by atoms with E-state index in [1.54, 1.807) is 14.2 Å². The molecule has 0 radical (unpaired) electrons. The molecule has 0 spiro atoms. The zero-order valence-electron chi connectivity index (χ0n) is 21.4. The summed E-state index contributed by atoms with van der Waals surface area (Å²) in [6.07, 6.45) is 6.08. The van der Waals surface area contributed by atoms with Gasteiger partial charge in [-0.3, -0.25) is 9.78 Å². The van der Waals surface area contributed by atoms with Crippen molar-refractivity contribution in [3.63, 3.8) is 0 Å². The molecule has 3 aromatic carbocycles. The van der Waals surface area contributed by atoms with Gasteiger partial charge >= 0.3 is 0 Å². The number of carbonyl (C=O) groups excluding carboxylic acids is 1. The number of ether oxygens (including phenoxy) is 2. The van der Waals surface area contributed by atoms with Crippen molar-refractivity contribution in [2.75, 3.05) is 24.9 Å². The predicted molar refractivity (Wildman–Crippen MR) is 150 cm³/mol. The third-order valence-corrected chi connectivity index (χ3v) is 6.71. The van der Waals surface area contributed by atoms with E-state index in [0.29, 0.717) is 17.1 Å². The summed E-state index contributed by atoms with van der Waals surface area (Å²) in [6.45, 7) is 1.82. The lowest BCUT2D eigenvalue weighted by Crippen LogP contribution is -2.13. The fourth-order valence-electron chi connectivity index (χ4n) is 4.80. The van der Waals surface area contributed by atoms with Gasteiger partial charge in [-0.2, -0.15) is 0 Å². The number of methoxy groups -OCH3 is 2. The number of aryl methyl sites for hydroxylation is 1. The van der Waals surface area contributed by atoms with Crippen molar-refractivity contribution >= 4 is 39.9 Å². The Balaban J connectivity index is 1.51. The molecule has 1 aliphatic rings. The molecule has 6 heteroatoms. The molecule has 0 aliphatic heterocycles. The molecule has 1 heterocycles. The Hall–Kier alpha value is -4.32. The Morgan fingerprint density at radius 2 is 1.65 bits per heavy atom. The van der Waals surface area contributed by atoms with Gasteiger partial charge in [-0.15, -0.1) is 0 Å². The maximum atomic E-state index is 13.0. The molecule has 6 nitrogen and oxygen atoms in total. The van der Waals surface area contributed by atoms with E-state index >= 15 is 0 Å². The van der Waals surface area contributed by atoms with Gasteiger partial charge in [0.2, 0.25) is 0 Å². The fraction of sp³-hybridized carbons (Fsp3) is 0.226. The molecule has 1 aromatic heterocycles. The quantitative estimate of drug-likeness (QED) is 0.274. The molecular formula is C31H31N3O3. The summed E-state index contributed by atoms with van der Waals surface area (Å²) in [7, 11) is 3.26. The van der Waals surface area contributed by atoms with Crippen LogP contribution in [-0.2, 0) is 17.6 Å². The second-order valence-corrected chi connectivity index (χ2v) is 9.24. The molecule has 0 unspecified atom stereocenters. The van der Waals surface area contributed by atoms with Gasteiger partial charge in [0, 0.05) is 34.1 Å². The van der Waals surface area contributed by atoms with Gasteiger partial charge in [0.05, 0.1) is 25.4 Å². The number of anilines is 3. The highest BCUT2D eigenvalue weighted by molar-refractivity contribution is 6.07. The summed E-state index contributed by atoms with van der Waals surface area (Å²) in [4.78, 5) is 17.9. The van der Waals surface area contributed by atoms with E-state index in [4.69, 9.17) is 14.5 Å². The minimum atomic E-state index is -0.136. The van der Waals surface area contributed by atoms with E-state index in [9.17, 15) is 4.79 Å². The van der Waals surface area contributed by atoms with E-state index in [2.05, 4.69) is 10.6 Å². The van der Waals surface area contributed by atoms with Gasteiger partial charge < -0.3 is 20.1 Å². The molecule has 0 atom stereocenters. The van der Waals surface area contributed by atoms with Crippen molar-refractivity contribution in [3.8, 4) is 11.5 Å². The van der Waals surface area contributed by atoms with Crippen molar-refractivity contribution < 1.29 is 14.3 Å². The minimum absolute atomic E-state index is 0.136. The number of nitrogens with one attached hydrogen (secondary N) is 2. The summed E-state index contributed by atoms with van der Waals surface area (Å²) in [6, 6.07) is 21.5. The zero-order chi connectivity index (χ0) is 25.8. The topological polar surface area (TPSA) is 72.5 Å². The van der Waals surface area contributed by atoms with Crippen LogP contribution in [0.3, 0.4) is 0 Å². The van der Waals surface area contributed by atoms with Crippen LogP contribution in [-0.4, -0.2) is 25.1 Å². The van der Waals surface area contributed by atoms with Crippen LogP contribution in [0.1, 0.15) is 36.6 Å². The number of hydrogen-bond acceptors (Lipinski definition) is 5. The first-order valence-electron chi connectivity index (χ1n) is 12.5. The van der Waals surface area contributed by atoms with Crippen molar-refractivity contribution in [1.29, 1.82) is 0 Å². The highest BCUT2D eigenvalue weighted by Gasteiger charge is 2.19. The van der Waals surface area contributed by atoms with Crippen LogP contribution < -0.4 is 20.1 Å². The second kappa shape index (κ2) is 10.7. The lowest BCUT2D eigenvalue weighted by molar-refractivity contribution is -0.112. The smallest absolute Gasteiger partial charge is 0.251 e. The molecule has 0 fully saturated rings. The number of amides is 1. The van der Waals surface area contributed by atoms with Crippen LogP contribution in [0.2, 0.25) is 0 Å². The Bertz CT molecular complexity index is 1480. The van der Waals surface area contributed by atoms with Crippen LogP contribution in [0.15, 0.2) is 72.3 Å². The summed E-state index contributed by atoms with van der Waals surface area (Å²) in [5, 5.41) is 7.67. The van der Waals surface area contributed by atoms with Crippen molar-refractivity contribution in [2.24, 2.45) is 0 Å². The fourth-order valence-corrected chi connectivity index (χ4v) is 4.80. The monoisotopic (exact) mass is 493 g/mol. The van der Waals surface area contributed by atoms with Gasteiger partial charge in [-0.25, -0.2) is 0 Å². The average Bonchev–Trinajstić information content (AvgIpc) is 2.93. The number of hydrogen-bond donors (Lipinski definition) is 2. The number of pyridine rings is 1. The normalized spacial score (nSPS) is 13.1. The van der Waals surface area contributed by atoms with Crippen molar-refractivity contribution in [3.05, 3.63) is 89.1 Å². The van der Waals surface area contributed by atoms with Gasteiger partial charge in [0.25, 0.3) is 5.91 Å². The number of benzene rings is 3. The van der Waals surface area contributed by atoms with Crippen LogP contribution in [0.5, 0.6) is 11.5 Å². The summed E-state index contributed by atoms with van der Waals surface area (Å²) >= 11 is 0. The van der Waals surface area contributed by atoms with Crippen LogP contribution in [0, 0.1) is 0 Å². The highest BCUT2D eigenvalue weighted by atomic mass is 16.5. The molecular weight excluding hydrogens is 462 g/mol. The standard InChI is InChI=1S/C31H31N3O3/c1-20(17-21-9-5-4-6-10-21)31(35)33-22-13-15-27-25(18-22)30(24-11-7-8-12-26(24)34-27)32-23-14-16-28(36-2)29(19-23)37-3/h4-6,9-10,13-19H,7-8,11-12H2,1-3H3,(H,32,34)(H,33,35). The lowest BCUT2D eigenvalue weighted by Gasteiger charge is -2.22. The Morgan fingerprint density at radius 1 is 0.892 bits per heavy atom. The molecule has 0 saturated heterocycles. The maximum Gasteiger partial charge on any atom is 0.251 e. The first-order chi connectivity index (χ1) is 18.1. The number of fused-ring (bicyclic) bond motifs is 2. The molecule has 0 bridgehead atoms. The van der Waals surface area contributed by atoms with Gasteiger partial charge in [0.15, 0.2) is 11.5 Å². The molecule has 37 heavy (non-hydrogen) atoms. The molecule has 188 valence electrons. The molecule has 0 saturated carbocycles. The molecule has 2 N–H and O–H groups in total. The van der Waals surface area contributed by atoms with E-state index in [1.165, 1.54) is 5.56 Å². The Morgan fingerprint density at radius 3 is 2.43 bits per heavy atom. The average molecular weight is 494 g/mol. The van der Waals surface area contributed by atoms with E-state index in [0.717, 1.165) is 64.9 Å². The molecule has 1 amide bonds. The number of nitrogens with zero attached hydrogens (tertiary/aromatic N) is 1. The van der Waals surface area contributed by atoms with Crippen molar-refractivity contribution in [1.82, 2.24) is 4.98 Å². The van der Waals surface area contributed by atoms with Crippen LogP contribution >= 0.6 is 0 Å². The number of rotatable bonds is 7. The first kappa shape index (κ1) is 24.4. The first-order valence-corrected chi connectivity index (χ1v) is 12.5. The molecule has 5 rings (SSSR count). The second-order valence-electron chi connectivity index (χ2n) is 9.24. The summed E-state index contributed by atoms with van der Waals surface area (Å²) < 4.78 is 10.9. The number of aromatic nitrogens is 1. The molecule has 1 aliphatic carbocycles. The maximum absolute atomic E-state index is 13.0. The highest BCUT2D eigenvalue weighted by Crippen LogP contribution is 2.38. The molecule has 4 aromatic rings. The van der Waals surface area contributed by atoms with Gasteiger partial charge in [0.1, 0.15) is 0 Å². The number of carbonyl (C=O) groups is 1. The van der Waals surface area contributed by atoms with Gasteiger partial charge in [-0.1, -0.05) is 30.3 Å². The van der Waals surface area contributed by atoms with E-state index in [1.807, 2.05) is 79.7 Å². The largest absolute Gasteiger partial charge is 0.493 e. The van der Waals surface area contributed by atoms with Crippen molar-refractivity contribution in [2.45, 2.75) is 32.6 Å². The summed E-state index contributed by atoms with van der Waals surface area (Å²) in [5.74, 6) is 1.20. The predicted octanol–water partition coefficient (Wildman–Crippen LogP) is 6.92. The lowest BCUT2D eigenvalue weighted by atomic mass is 9.92. The third kappa shape index (κ3) is 5.28. The summed E-state index contributed by atoms with van der Waals surface area (Å²) in [5.41, 5.74) is 7.56. The Labute approximate surface area is 217 Å². The zero-order valence-corrected chi connectivity index (χ0v) is 21.4. The van der Waals surface area contributed by atoms with Crippen LogP contribution in [0.4, 0.5) is 17.1 Å². The Kier molecular flexibility index (Phi) is 7.08. The third-order valence-electron chi connectivity index (χ3n) is 6.71. The van der Waals surface area contributed by atoms with E-state index < -0.39 is 0 Å².